The summed E-state index contributed by atoms with van der Waals surface area (Å²) in [6.07, 6.45) is 2.12. The fraction of sp³-hybridized carbons (Fsp3) is 0.692. The average Bonchev–Trinajstić information content (AvgIpc) is 2.95. The molecule has 0 aromatic carbocycles. The number of hydrogen-bond acceptors (Lipinski definition) is 7. The number of carbonyl (C=O) groups excluding carboxylic acids is 1. The molecule has 1 aliphatic rings. The number of nitrogens with zero attached hydrogens (tertiary/aromatic N) is 1. The maximum absolute atomic E-state index is 12.4. The van der Waals surface area contributed by atoms with E-state index in [0.717, 1.165) is 30.7 Å². The van der Waals surface area contributed by atoms with Gasteiger partial charge in [-0.15, -0.1) is 11.3 Å². The average molecular weight is 347 g/mol. The van der Waals surface area contributed by atoms with E-state index in [4.69, 9.17) is 0 Å². The zero-order valence-electron chi connectivity index (χ0n) is 12.9. The second-order valence-electron chi connectivity index (χ2n) is 5.93. The van der Waals surface area contributed by atoms with Crippen molar-refractivity contribution in [3.05, 3.63) is 11.2 Å². The quantitative estimate of drug-likeness (QED) is 0.771. The Morgan fingerprint density at radius 3 is 2.95 bits per heavy atom. The fourth-order valence-electron chi connectivity index (χ4n) is 2.54. The molecule has 0 amide bonds. The van der Waals surface area contributed by atoms with Gasteiger partial charge in [-0.05, 0) is 24.8 Å². The SMILES string of the molecule is COC(=O)c1ncsc1S(=O)(=O)NCC1NCCCC1(C)C. The Labute approximate surface area is 134 Å². The molecule has 1 aromatic heterocycles. The van der Waals surface area contributed by atoms with Crippen molar-refractivity contribution in [1.82, 2.24) is 15.0 Å². The highest BCUT2D eigenvalue weighted by atomic mass is 32.2. The third-order valence-electron chi connectivity index (χ3n) is 3.97. The molecule has 1 atom stereocenters. The summed E-state index contributed by atoms with van der Waals surface area (Å²) in [5.74, 6) is -0.752. The van der Waals surface area contributed by atoms with Crippen molar-refractivity contribution < 1.29 is 17.9 Å². The number of hydrogen-bond donors (Lipinski definition) is 2. The standard InChI is InChI=1S/C13H21N3O4S2/c1-13(2)5-4-6-14-9(13)7-16-22(18,19)12-10(11(17)20-3)15-8-21-12/h8-9,14,16H,4-7H2,1-3H3. The first kappa shape index (κ1) is 17.3. The summed E-state index contributed by atoms with van der Waals surface area (Å²) in [6, 6.07) is 0.0468. The summed E-state index contributed by atoms with van der Waals surface area (Å²) in [5.41, 5.74) is 1.17. The number of carbonyl (C=O) groups is 1. The van der Waals surface area contributed by atoms with Crippen LogP contribution in [0.4, 0.5) is 0 Å². The highest BCUT2D eigenvalue weighted by Gasteiger charge is 2.34. The molecule has 7 nitrogen and oxygen atoms in total. The molecule has 2 heterocycles. The van der Waals surface area contributed by atoms with Crippen LogP contribution >= 0.6 is 11.3 Å². The largest absolute Gasteiger partial charge is 0.464 e. The van der Waals surface area contributed by atoms with Crippen molar-refractivity contribution in [2.75, 3.05) is 20.2 Å². The summed E-state index contributed by atoms with van der Waals surface area (Å²) in [7, 11) is -2.59. The van der Waals surface area contributed by atoms with Gasteiger partial charge in [-0.25, -0.2) is 22.9 Å². The lowest BCUT2D eigenvalue weighted by molar-refractivity contribution is 0.0590. The smallest absolute Gasteiger partial charge is 0.358 e. The van der Waals surface area contributed by atoms with E-state index in [9.17, 15) is 13.2 Å². The predicted octanol–water partition coefficient (Wildman–Crippen LogP) is 0.986. The van der Waals surface area contributed by atoms with Crippen molar-refractivity contribution in [2.45, 2.75) is 36.9 Å². The van der Waals surface area contributed by atoms with Gasteiger partial charge in [0.15, 0.2) is 9.90 Å². The lowest BCUT2D eigenvalue weighted by atomic mass is 9.78. The highest BCUT2D eigenvalue weighted by Crippen LogP contribution is 2.30. The summed E-state index contributed by atoms with van der Waals surface area (Å²) in [5, 5.41) is 3.34. The van der Waals surface area contributed by atoms with E-state index in [0.29, 0.717) is 0 Å². The van der Waals surface area contributed by atoms with Crippen molar-refractivity contribution in [3.63, 3.8) is 0 Å². The number of rotatable bonds is 5. The van der Waals surface area contributed by atoms with Gasteiger partial charge in [0.2, 0.25) is 0 Å². The number of aromatic nitrogens is 1. The minimum atomic E-state index is -3.79. The van der Waals surface area contributed by atoms with Crippen LogP contribution in [-0.4, -0.2) is 45.6 Å². The highest BCUT2D eigenvalue weighted by molar-refractivity contribution is 7.91. The van der Waals surface area contributed by atoms with Crippen LogP contribution < -0.4 is 10.0 Å². The topological polar surface area (TPSA) is 97.4 Å². The monoisotopic (exact) mass is 347 g/mol. The van der Waals surface area contributed by atoms with E-state index in [1.807, 2.05) is 0 Å². The van der Waals surface area contributed by atoms with E-state index in [-0.39, 0.29) is 27.9 Å². The van der Waals surface area contributed by atoms with Gasteiger partial charge in [0.1, 0.15) is 0 Å². The summed E-state index contributed by atoms with van der Waals surface area (Å²) >= 11 is 0.904. The Balaban J connectivity index is 2.12. The number of methoxy groups -OCH3 is 1. The Morgan fingerprint density at radius 1 is 1.59 bits per heavy atom. The maximum Gasteiger partial charge on any atom is 0.358 e. The van der Waals surface area contributed by atoms with E-state index in [2.05, 4.69) is 33.6 Å². The van der Waals surface area contributed by atoms with E-state index >= 15 is 0 Å². The van der Waals surface area contributed by atoms with Gasteiger partial charge in [0.25, 0.3) is 10.0 Å². The van der Waals surface area contributed by atoms with Crippen molar-refractivity contribution >= 4 is 27.3 Å². The normalized spacial score (nSPS) is 21.5. The van der Waals surface area contributed by atoms with E-state index < -0.39 is 16.0 Å². The third kappa shape index (κ3) is 3.65. The Bertz CT molecular complexity index is 639. The van der Waals surface area contributed by atoms with Crippen molar-refractivity contribution in [1.29, 1.82) is 0 Å². The summed E-state index contributed by atoms with van der Waals surface area (Å²) in [6.45, 7) is 5.38. The minimum absolute atomic E-state index is 0.0135. The molecular weight excluding hydrogens is 326 g/mol. The molecule has 2 N–H and O–H groups in total. The lowest BCUT2D eigenvalue weighted by Gasteiger charge is -2.39. The van der Waals surface area contributed by atoms with Crippen LogP contribution in [0.5, 0.6) is 0 Å². The molecule has 22 heavy (non-hydrogen) atoms. The molecule has 0 aliphatic carbocycles. The first-order chi connectivity index (χ1) is 10.3. The Kier molecular flexibility index (Phi) is 5.21. The van der Waals surface area contributed by atoms with Gasteiger partial charge in [-0.2, -0.15) is 0 Å². The number of thiazole rings is 1. The van der Waals surface area contributed by atoms with Gasteiger partial charge in [0.05, 0.1) is 12.6 Å². The van der Waals surface area contributed by atoms with Crippen LogP contribution in [0.3, 0.4) is 0 Å². The molecule has 0 bridgehead atoms. The van der Waals surface area contributed by atoms with Crippen LogP contribution in [0.15, 0.2) is 9.72 Å². The summed E-state index contributed by atoms with van der Waals surface area (Å²) < 4.78 is 31.9. The van der Waals surface area contributed by atoms with Crippen LogP contribution in [0, 0.1) is 5.41 Å². The molecule has 1 fully saturated rings. The van der Waals surface area contributed by atoms with Crippen LogP contribution in [-0.2, 0) is 14.8 Å². The number of ether oxygens (including phenoxy) is 1. The second-order valence-corrected chi connectivity index (χ2v) is 8.75. The molecule has 1 saturated heterocycles. The Hall–Kier alpha value is -1.03. The van der Waals surface area contributed by atoms with Gasteiger partial charge >= 0.3 is 5.97 Å². The van der Waals surface area contributed by atoms with Crippen LogP contribution in [0.25, 0.3) is 0 Å². The van der Waals surface area contributed by atoms with E-state index in [1.165, 1.54) is 12.6 Å². The van der Waals surface area contributed by atoms with Crippen molar-refractivity contribution in [2.24, 2.45) is 5.41 Å². The molecule has 1 aliphatic heterocycles. The molecule has 0 radical (unpaired) electrons. The fourth-order valence-corrected chi connectivity index (χ4v) is 4.76. The predicted molar refractivity (Wildman–Crippen MR) is 83.4 cm³/mol. The molecule has 0 spiro atoms. The molecular formula is C13H21N3O4S2. The van der Waals surface area contributed by atoms with Crippen molar-refractivity contribution in [3.8, 4) is 0 Å². The molecule has 9 heteroatoms. The van der Waals surface area contributed by atoms with E-state index in [1.54, 1.807) is 0 Å². The molecule has 0 saturated carbocycles. The van der Waals surface area contributed by atoms with Crippen LogP contribution in [0.1, 0.15) is 37.2 Å². The second kappa shape index (κ2) is 6.61. The van der Waals surface area contributed by atoms with Gasteiger partial charge in [0, 0.05) is 12.6 Å². The molecule has 1 aromatic rings. The first-order valence-electron chi connectivity index (χ1n) is 7.03. The van der Waals surface area contributed by atoms with Gasteiger partial charge in [-0.3, -0.25) is 0 Å². The number of piperidine rings is 1. The zero-order valence-corrected chi connectivity index (χ0v) is 14.5. The first-order valence-corrected chi connectivity index (χ1v) is 9.39. The molecule has 1 unspecified atom stereocenters. The number of nitrogens with one attached hydrogen (secondary N) is 2. The van der Waals surface area contributed by atoms with Gasteiger partial charge in [-0.1, -0.05) is 13.8 Å². The Morgan fingerprint density at radius 2 is 2.32 bits per heavy atom. The lowest BCUT2D eigenvalue weighted by Crippen LogP contribution is -2.52. The summed E-state index contributed by atoms with van der Waals surface area (Å²) in [4.78, 5) is 15.4. The third-order valence-corrected chi connectivity index (χ3v) is 6.76. The molecule has 2 rings (SSSR count). The zero-order chi connectivity index (χ0) is 16.4. The van der Waals surface area contributed by atoms with Gasteiger partial charge < -0.3 is 10.1 Å². The number of sulfonamides is 1. The molecule has 124 valence electrons. The maximum atomic E-state index is 12.4. The number of esters is 1. The minimum Gasteiger partial charge on any atom is -0.464 e. The van der Waals surface area contributed by atoms with Crippen LogP contribution in [0.2, 0.25) is 0 Å².